The van der Waals surface area contributed by atoms with Crippen molar-refractivity contribution in [3.05, 3.63) is 11.9 Å². The standard InChI is InChI=1S/C12H23N5/c1-3-13-9-11-10-17(15-14-11)8-7-16(2)12-5-4-6-12/h10,12-13H,3-9H2,1-2H3. The molecule has 2 rings (SSSR count). The van der Waals surface area contributed by atoms with Gasteiger partial charge in [-0.15, -0.1) is 5.10 Å². The van der Waals surface area contributed by atoms with Crippen LogP contribution in [0.25, 0.3) is 0 Å². The molecule has 5 heteroatoms. The molecule has 1 heterocycles. The molecule has 1 aliphatic carbocycles. The van der Waals surface area contributed by atoms with Crippen LogP contribution < -0.4 is 5.32 Å². The largest absolute Gasteiger partial charge is 0.311 e. The fourth-order valence-corrected chi connectivity index (χ4v) is 2.05. The van der Waals surface area contributed by atoms with Gasteiger partial charge in [-0.05, 0) is 26.4 Å². The number of hydrogen-bond acceptors (Lipinski definition) is 4. The Morgan fingerprint density at radius 1 is 1.53 bits per heavy atom. The van der Waals surface area contributed by atoms with Gasteiger partial charge in [0, 0.05) is 25.3 Å². The van der Waals surface area contributed by atoms with Gasteiger partial charge in [0.2, 0.25) is 0 Å². The summed E-state index contributed by atoms with van der Waals surface area (Å²) in [5, 5.41) is 11.5. The molecule has 1 N–H and O–H groups in total. The van der Waals surface area contributed by atoms with E-state index in [-0.39, 0.29) is 0 Å². The van der Waals surface area contributed by atoms with Crippen LogP contribution in [0.1, 0.15) is 31.9 Å². The maximum Gasteiger partial charge on any atom is 0.0964 e. The molecule has 0 aromatic carbocycles. The van der Waals surface area contributed by atoms with Gasteiger partial charge in [-0.2, -0.15) is 0 Å². The summed E-state index contributed by atoms with van der Waals surface area (Å²) in [7, 11) is 2.21. The van der Waals surface area contributed by atoms with Gasteiger partial charge < -0.3 is 10.2 Å². The van der Waals surface area contributed by atoms with Crippen molar-refractivity contribution < 1.29 is 0 Å². The van der Waals surface area contributed by atoms with Crippen molar-refractivity contribution in [1.29, 1.82) is 0 Å². The summed E-state index contributed by atoms with van der Waals surface area (Å²) in [6.45, 7) is 5.88. The van der Waals surface area contributed by atoms with E-state index in [2.05, 4.69) is 34.5 Å². The van der Waals surface area contributed by atoms with E-state index < -0.39 is 0 Å². The molecule has 0 radical (unpaired) electrons. The smallest absolute Gasteiger partial charge is 0.0964 e. The lowest BCUT2D eigenvalue weighted by molar-refractivity contribution is 0.153. The Morgan fingerprint density at radius 2 is 2.35 bits per heavy atom. The fraction of sp³-hybridized carbons (Fsp3) is 0.833. The molecule has 1 aliphatic rings. The highest BCUT2D eigenvalue weighted by molar-refractivity contribution is 4.91. The van der Waals surface area contributed by atoms with E-state index in [1.807, 2.05) is 10.9 Å². The van der Waals surface area contributed by atoms with E-state index in [1.54, 1.807) is 0 Å². The van der Waals surface area contributed by atoms with Crippen molar-refractivity contribution in [1.82, 2.24) is 25.2 Å². The van der Waals surface area contributed by atoms with Crippen molar-refractivity contribution in [2.45, 2.75) is 45.3 Å². The van der Waals surface area contributed by atoms with Crippen molar-refractivity contribution in [3.63, 3.8) is 0 Å². The van der Waals surface area contributed by atoms with Gasteiger partial charge in [0.1, 0.15) is 0 Å². The van der Waals surface area contributed by atoms with Crippen LogP contribution in [0.15, 0.2) is 6.20 Å². The Bertz CT molecular complexity index is 331. The lowest BCUT2D eigenvalue weighted by Gasteiger charge is -2.34. The quantitative estimate of drug-likeness (QED) is 0.764. The molecule has 0 amide bonds. The maximum absolute atomic E-state index is 4.14. The van der Waals surface area contributed by atoms with Crippen molar-refractivity contribution in [2.75, 3.05) is 20.1 Å². The highest BCUT2D eigenvalue weighted by Crippen LogP contribution is 2.23. The second-order valence-corrected chi connectivity index (χ2v) is 4.82. The minimum atomic E-state index is 0.805. The van der Waals surface area contributed by atoms with Crippen LogP contribution in [0.3, 0.4) is 0 Å². The minimum Gasteiger partial charge on any atom is -0.311 e. The summed E-state index contributed by atoms with van der Waals surface area (Å²) in [4.78, 5) is 2.44. The third-order valence-corrected chi connectivity index (χ3v) is 3.52. The van der Waals surface area contributed by atoms with Gasteiger partial charge in [-0.3, -0.25) is 4.68 Å². The second-order valence-electron chi connectivity index (χ2n) is 4.82. The van der Waals surface area contributed by atoms with E-state index in [9.17, 15) is 0 Å². The Balaban J connectivity index is 1.72. The van der Waals surface area contributed by atoms with Gasteiger partial charge in [0.25, 0.3) is 0 Å². The van der Waals surface area contributed by atoms with E-state index in [0.717, 1.165) is 37.9 Å². The van der Waals surface area contributed by atoms with Crippen LogP contribution >= 0.6 is 0 Å². The molecule has 0 spiro atoms. The third kappa shape index (κ3) is 3.51. The van der Waals surface area contributed by atoms with E-state index >= 15 is 0 Å². The molecular weight excluding hydrogens is 214 g/mol. The van der Waals surface area contributed by atoms with Gasteiger partial charge in [0.15, 0.2) is 0 Å². The highest BCUT2D eigenvalue weighted by Gasteiger charge is 2.21. The van der Waals surface area contributed by atoms with E-state index in [4.69, 9.17) is 0 Å². The summed E-state index contributed by atoms with van der Waals surface area (Å²) in [6.07, 6.45) is 6.15. The Kier molecular flexibility index (Phi) is 4.50. The fourth-order valence-electron chi connectivity index (χ4n) is 2.05. The van der Waals surface area contributed by atoms with Crippen LogP contribution in [0.4, 0.5) is 0 Å². The average molecular weight is 237 g/mol. The molecule has 1 saturated carbocycles. The Labute approximate surface area is 103 Å². The molecule has 1 aromatic rings. The van der Waals surface area contributed by atoms with Gasteiger partial charge in [-0.25, -0.2) is 0 Å². The monoisotopic (exact) mass is 237 g/mol. The van der Waals surface area contributed by atoms with Crippen molar-refractivity contribution in [2.24, 2.45) is 0 Å². The molecule has 0 bridgehead atoms. The highest BCUT2D eigenvalue weighted by atomic mass is 15.4. The topological polar surface area (TPSA) is 46.0 Å². The molecule has 0 saturated heterocycles. The molecule has 17 heavy (non-hydrogen) atoms. The second kappa shape index (κ2) is 6.12. The molecule has 1 aromatic heterocycles. The zero-order valence-electron chi connectivity index (χ0n) is 10.9. The van der Waals surface area contributed by atoms with Crippen molar-refractivity contribution >= 4 is 0 Å². The summed E-state index contributed by atoms with van der Waals surface area (Å²) in [5.74, 6) is 0. The SMILES string of the molecule is CCNCc1cn(CCN(C)C2CCC2)nn1. The summed E-state index contributed by atoms with van der Waals surface area (Å²) >= 11 is 0. The first kappa shape index (κ1) is 12.5. The molecule has 0 unspecified atom stereocenters. The summed E-state index contributed by atoms with van der Waals surface area (Å²) in [5.41, 5.74) is 1.03. The number of hydrogen-bond donors (Lipinski definition) is 1. The third-order valence-electron chi connectivity index (χ3n) is 3.52. The zero-order valence-corrected chi connectivity index (χ0v) is 10.9. The normalized spacial score (nSPS) is 16.4. The van der Waals surface area contributed by atoms with Gasteiger partial charge in [-0.1, -0.05) is 18.6 Å². The first-order chi connectivity index (χ1) is 8.29. The van der Waals surface area contributed by atoms with Crippen LogP contribution in [-0.2, 0) is 13.1 Å². The molecule has 0 atom stereocenters. The first-order valence-electron chi connectivity index (χ1n) is 6.59. The van der Waals surface area contributed by atoms with Crippen LogP contribution in [0.2, 0.25) is 0 Å². The number of nitrogens with zero attached hydrogens (tertiary/aromatic N) is 4. The van der Waals surface area contributed by atoms with Crippen molar-refractivity contribution in [3.8, 4) is 0 Å². The first-order valence-corrected chi connectivity index (χ1v) is 6.59. The zero-order chi connectivity index (χ0) is 12.1. The minimum absolute atomic E-state index is 0.805. The molecule has 96 valence electrons. The maximum atomic E-state index is 4.14. The predicted molar refractivity (Wildman–Crippen MR) is 67.7 cm³/mol. The Hall–Kier alpha value is -0.940. The average Bonchev–Trinajstić information content (AvgIpc) is 2.69. The molecule has 0 aliphatic heterocycles. The van der Waals surface area contributed by atoms with Crippen LogP contribution in [0, 0.1) is 0 Å². The van der Waals surface area contributed by atoms with Gasteiger partial charge >= 0.3 is 0 Å². The number of rotatable bonds is 7. The van der Waals surface area contributed by atoms with E-state index in [1.165, 1.54) is 19.3 Å². The lowest BCUT2D eigenvalue weighted by atomic mass is 9.92. The Morgan fingerprint density at radius 3 is 3.00 bits per heavy atom. The molecule has 1 fully saturated rings. The molecular formula is C12H23N5. The van der Waals surface area contributed by atoms with Gasteiger partial charge in [0.05, 0.1) is 12.2 Å². The molecule has 5 nitrogen and oxygen atoms in total. The number of likely N-dealkylation sites (N-methyl/N-ethyl adjacent to an activating group) is 1. The predicted octanol–water partition coefficient (Wildman–Crippen LogP) is 0.872. The number of nitrogens with one attached hydrogen (secondary N) is 1. The summed E-state index contributed by atoms with van der Waals surface area (Å²) in [6, 6.07) is 0.805. The van der Waals surface area contributed by atoms with E-state index in [0.29, 0.717) is 0 Å². The lowest BCUT2D eigenvalue weighted by Crippen LogP contribution is -2.38. The van der Waals surface area contributed by atoms with Crippen LogP contribution in [-0.4, -0.2) is 46.1 Å². The number of aromatic nitrogens is 3. The summed E-state index contributed by atoms with van der Waals surface area (Å²) < 4.78 is 1.95. The van der Waals surface area contributed by atoms with Crippen LogP contribution in [0.5, 0.6) is 0 Å².